The largest absolute Gasteiger partial charge is 0.351 e. The van der Waals surface area contributed by atoms with Crippen molar-refractivity contribution in [1.82, 2.24) is 5.32 Å². The van der Waals surface area contributed by atoms with Gasteiger partial charge in [0.15, 0.2) is 0 Å². The van der Waals surface area contributed by atoms with Crippen LogP contribution in [0.3, 0.4) is 0 Å². The summed E-state index contributed by atoms with van der Waals surface area (Å²) in [6, 6.07) is 9.07. The van der Waals surface area contributed by atoms with Crippen molar-refractivity contribution < 1.29 is 9.59 Å². The van der Waals surface area contributed by atoms with Crippen molar-refractivity contribution in [3.63, 3.8) is 0 Å². The fraction of sp³-hybridized carbons (Fsp3) is 0.385. The van der Waals surface area contributed by atoms with Crippen LogP contribution in [0.2, 0.25) is 0 Å². The van der Waals surface area contributed by atoms with Crippen LogP contribution in [0.25, 0.3) is 0 Å². The third-order valence-electron chi connectivity index (χ3n) is 1.89. The van der Waals surface area contributed by atoms with Crippen molar-refractivity contribution >= 4 is 17.5 Å². The lowest BCUT2D eigenvalue weighted by Crippen LogP contribution is -2.41. The van der Waals surface area contributed by atoms with Crippen LogP contribution < -0.4 is 10.6 Å². The molecule has 0 bridgehead atoms. The molecule has 92 valence electrons. The Kier molecular flexibility index (Phi) is 4.26. The molecule has 0 aromatic heterocycles. The number of anilines is 1. The number of carbonyl (C=O) groups is 2. The number of para-hydroxylation sites is 1. The lowest BCUT2D eigenvalue weighted by atomic mass is 10.1. The lowest BCUT2D eigenvalue weighted by molar-refractivity contribution is -0.127. The first-order valence-corrected chi connectivity index (χ1v) is 5.53. The van der Waals surface area contributed by atoms with Gasteiger partial charge >= 0.3 is 0 Å². The SMILES string of the molecule is CC(C)(C)NC(=O)CC(=O)Nc1ccccc1. The Bertz CT molecular complexity index is 394. The van der Waals surface area contributed by atoms with Gasteiger partial charge in [0, 0.05) is 11.2 Å². The molecule has 17 heavy (non-hydrogen) atoms. The van der Waals surface area contributed by atoms with Crippen LogP contribution >= 0.6 is 0 Å². The standard InChI is InChI=1S/C13H18N2O2/c1-13(2,3)15-12(17)9-11(16)14-10-7-5-4-6-8-10/h4-8H,9H2,1-3H3,(H,14,16)(H,15,17). The molecule has 2 N–H and O–H groups in total. The molecule has 0 fully saturated rings. The molecule has 1 aromatic carbocycles. The predicted molar refractivity (Wildman–Crippen MR) is 67.6 cm³/mol. The predicted octanol–water partition coefficient (Wildman–Crippen LogP) is 1.93. The van der Waals surface area contributed by atoms with Crippen LogP contribution in [0.4, 0.5) is 5.69 Å². The van der Waals surface area contributed by atoms with Gasteiger partial charge in [-0.05, 0) is 32.9 Å². The van der Waals surface area contributed by atoms with Gasteiger partial charge in [0.05, 0.1) is 0 Å². The number of rotatable bonds is 3. The molecule has 1 rings (SSSR count). The molecule has 0 unspecified atom stereocenters. The molecule has 0 spiro atoms. The highest BCUT2D eigenvalue weighted by Crippen LogP contribution is 2.06. The summed E-state index contributed by atoms with van der Waals surface area (Å²) in [5.41, 5.74) is 0.380. The van der Waals surface area contributed by atoms with Crippen LogP contribution in [-0.4, -0.2) is 17.4 Å². The Morgan fingerprint density at radius 1 is 1.06 bits per heavy atom. The van der Waals surface area contributed by atoms with Gasteiger partial charge < -0.3 is 10.6 Å². The molecule has 4 heteroatoms. The van der Waals surface area contributed by atoms with Crippen molar-refractivity contribution in [1.29, 1.82) is 0 Å². The normalized spacial score (nSPS) is 10.8. The number of carbonyl (C=O) groups excluding carboxylic acids is 2. The molecule has 0 radical (unpaired) electrons. The zero-order chi connectivity index (χ0) is 12.9. The van der Waals surface area contributed by atoms with Gasteiger partial charge in [0.1, 0.15) is 6.42 Å². The fourth-order valence-corrected chi connectivity index (χ4v) is 1.33. The summed E-state index contributed by atoms with van der Waals surface area (Å²) in [6.45, 7) is 5.63. The molecule has 4 nitrogen and oxygen atoms in total. The maximum Gasteiger partial charge on any atom is 0.233 e. The van der Waals surface area contributed by atoms with Gasteiger partial charge in [-0.2, -0.15) is 0 Å². The Labute approximate surface area is 101 Å². The van der Waals surface area contributed by atoms with Gasteiger partial charge in [-0.1, -0.05) is 18.2 Å². The number of amides is 2. The summed E-state index contributed by atoms with van der Waals surface area (Å²) in [5, 5.41) is 5.39. The van der Waals surface area contributed by atoms with E-state index in [1.807, 2.05) is 39.0 Å². The summed E-state index contributed by atoms with van der Waals surface area (Å²) in [5.74, 6) is -0.580. The molecule has 0 heterocycles. The zero-order valence-corrected chi connectivity index (χ0v) is 10.4. The molecule has 0 saturated carbocycles. The van der Waals surface area contributed by atoms with Gasteiger partial charge in [-0.15, -0.1) is 0 Å². The topological polar surface area (TPSA) is 58.2 Å². The highest BCUT2D eigenvalue weighted by molar-refractivity contribution is 6.03. The first-order chi connectivity index (χ1) is 7.87. The van der Waals surface area contributed by atoms with E-state index in [2.05, 4.69) is 10.6 Å². The fourth-order valence-electron chi connectivity index (χ4n) is 1.33. The highest BCUT2D eigenvalue weighted by atomic mass is 16.2. The van der Waals surface area contributed by atoms with E-state index in [9.17, 15) is 9.59 Å². The minimum absolute atomic E-state index is 0.161. The van der Waals surface area contributed by atoms with Crippen molar-refractivity contribution in [3.8, 4) is 0 Å². The minimum Gasteiger partial charge on any atom is -0.351 e. The summed E-state index contributed by atoms with van der Waals surface area (Å²) in [4.78, 5) is 23.0. The van der Waals surface area contributed by atoms with Crippen LogP contribution in [0.5, 0.6) is 0 Å². The van der Waals surface area contributed by atoms with Crippen LogP contribution in [0, 0.1) is 0 Å². The third-order valence-corrected chi connectivity index (χ3v) is 1.89. The first kappa shape index (κ1) is 13.2. The molecule has 0 atom stereocenters. The van der Waals surface area contributed by atoms with E-state index < -0.39 is 0 Å². The molecule has 1 aromatic rings. The molecular formula is C13H18N2O2. The van der Waals surface area contributed by atoms with E-state index in [1.165, 1.54) is 0 Å². The quantitative estimate of drug-likeness (QED) is 0.785. The average Bonchev–Trinajstić information content (AvgIpc) is 2.15. The molecular weight excluding hydrogens is 216 g/mol. The minimum atomic E-state index is -0.315. The van der Waals surface area contributed by atoms with E-state index in [1.54, 1.807) is 12.1 Å². The maximum absolute atomic E-state index is 11.5. The lowest BCUT2D eigenvalue weighted by Gasteiger charge is -2.20. The summed E-state index contributed by atoms with van der Waals surface area (Å²) < 4.78 is 0. The number of nitrogens with one attached hydrogen (secondary N) is 2. The monoisotopic (exact) mass is 234 g/mol. The Balaban J connectivity index is 2.43. The van der Waals surface area contributed by atoms with Gasteiger partial charge in [-0.3, -0.25) is 9.59 Å². The van der Waals surface area contributed by atoms with E-state index in [0.717, 1.165) is 0 Å². The van der Waals surface area contributed by atoms with Gasteiger partial charge in [0.2, 0.25) is 11.8 Å². The second-order valence-corrected chi connectivity index (χ2v) is 4.89. The second kappa shape index (κ2) is 5.48. The van der Waals surface area contributed by atoms with Crippen LogP contribution in [0.15, 0.2) is 30.3 Å². The van der Waals surface area contributed by atoms with Crippen molar-refractivity contribution in [3.05, 3.63) is 30.3 Å². The van der Waals surface area contributed by atoms with Crippen molar-refractivity contribution in [2.24, 2.45) is 0 Å². The van der Waals surface area contributed by atoms with Crippen LogP contribution in [-0.2, 0) is 9.59 Å². The van der Waals surface area contributed by atoms with E-state index >= 15 is 0 Å². The highest BCUT2D eigenvalue weighted by Gasteiger charge is 2.16. The second-order valence-electron chi connectivity index (χ2n) is 4.89. The molecule has 0 aliphatic rings. The summed E-state index contributed by atoms with van der Waals surface area (Å²) >= 11 is 0. The van der Waals surface area contributed by atoms with Crippen LogP contribution in [0.1, 0.15) is 27.2 Å². The Morgan fingerprint density at radius 3 is 2.18 bits per heavy atom. The zero-order valence-electron chi connectivity index (χ0n) is 10.4. The van der Waals surface area contributed by atoms with E-state index in [0.29, 0.717) is 5.69 Å². The Hall–Kier alpha value is -1.84. The summed E-state index contributed by atoms with van der Waals surface area (Å²) in [6.07, 6.45) is -0.161. The van der Waals surface area contributed by atoms with E-state index in [4.69, 9.17) is 0 Å². The molecule has 0 saturated heterocycles. The Morgan fingerprint density at radius 2 is 1.65 bits per heavy atom. The number of benzene rings is 1. The third kappa shape index (κ3) is 5.70. The van der Waals surface area contributed by atoms with Crippen molar-refractivity contribution in [2.75, 3.05) is 5.32 Å². The molecule has 0 aliphatic carbocycles. The van der Waals surface area contributed by atoms with Gasteiger partial charge in [0.25, 0.3) is 0 Å². The molecule has 0 aliphatic heterocycles. The molecule has 2 amide bonds. The van der Waals surface area contributed by atoms with E-state index in [-0.39, 0.29) is 23.8 Å². The van der Waals surface area contributed by atoms with Gasteiger partial charge in [-0.25, -0.2) is 0 Å². The smallest absolute Gasteiger partial charge is 0.233 e. The first-order valence-electron chi connectivity index (χ1n) is 5.53. The van der Waals surface area contributed by atoms with Crippen molar-refractivity contribution in [2.45, 2.75) is 32.7 Å². The maximum atomic E-state index is 11.5. The number of hydrogen-bond donors (Lipinski definition) is 2. The summed E-state index contributed by atoms with van der Waals surface area (Å²) in [7, 11) is 0. The number of hydrogen-bond acceptors (Lipinski definition) is 2. The average molecular weight is 234 g/mol.